The summed E-state index contributed by atoms with van der Waals surface area (Å²) in [5.41, 5.74) is 2.95. The summed E-state index contributed by atoms with van der Waals surface area (Å²) < 4.78 is 13.2. The summed E-state index contributed by atoms with van der Waals surface area (Å²) in [6.07, 6.45) is 0.770. The van der Waals surface area contributed by atoms with E-state index in [0.29, 0.717) is 11.6 Å². The molecule has 0 aliphatic rings. The summed E-state index contributed by atoms with van der Waals surface area (Å²) in [4.78, 5) is 14.1. The molecule has 1 aromatic carbocycles. The molecule has 0 amide bonds. The number of halogens is 1. The van der Waals surface area contributed by atoms with Crippen LogP contribution in [0.2, 0.25) is 0 Å². The number of aromatic nitrogens is 1. The van der Waals surface area contributed by atoms with Crippen molar-refractivity contribution in [3.8, 4) is 11.1 Å². The highest BCUT2D eigenvalue weighted by Gasteiger charge is 2.11. The van der Waals surface area contributed by atoms with Gasteiger partial charge in [0.1, 0.15) is 5.82 Å². The van der Waals surface area contributed by atoms with Crippen LogP contribution in [0.1, 0.15) is 35.9 Å². The highest BCUT2D eigenvalue weighted by Crippen LogP contribution is 2.27. The highest BCUT2D eigenvalue weighted by molar-refractivity contribution is 5.86. The van der Waals surface area contributed by atoms with Gasteiger partial charge in [0.2, 0.25) is 0 Å². The van der Waals surface area contributed by atoms with Gasteiger partial charge in [-0.3, -0.25) is 4.79 Å². The van der Waals surface area contributed by atoms with Crippen molar-refractivity contribution in [3.63, 3.8) is 0 Å². The van der Waals surface area contributed by atoms with Crippen molar-refractivity contribution in [3.05, 3.63) is 47.5 Å². The first-order chi connectivity index (χ1) is 8.11. The van der Waals surface area contributed by atoms with Crippen LogP contribution in [0, 0.1) is 5.82 Å². The summed E-state index contributed by atoms with van der Waals surface area (Å²) in [6.45, 7) is 4.07. The number of nitrogens with one attached hydrogen (secondary N) is 1. The Kier molecular flexibility index (Phi) is 3.09. The molecule has 1 aromatic heterocycles. The first kappa shape index (κ1) is 11.6. The summed E-state index contributed by atoms with van der Waals surface area (Å²) in [5, 5.41) is 0. The van der Waals surface area contributed by atoms with Gasteiger partial charge in [0.25, 0.3) is 0 Å². The van der Waals surface area contributed by atoms with Crippen LogP contribution >= 0.6 is 0 Å². The summed E-state index contributed by atoms with van der Waals surface area (Å²) >= 11 is 0. The van der Waals surface area contributed by atoms with Crippen LogP contribution in [0.5, 0.6) is 0 Å². The van der Waals surface area contributed by atoms with Crippen molar-refractivity contribution in [1.29, 1.82) is 0 Å². The molecule has 88 valence electrons. The zero-order valence-corrected chi connectivity index (χ0v) is 9.83. The van der Waals surface area contributed by atoms with E-state index in [9.17, 15) is 9.18 Å². The third-order valence-corrected chi connectivity index (χ3v) is 2.74. The van der Waals surface area contributed by atoms with Crippen molar-refractivity contribution in [1.82, 2.24) is 4.98 Å². The molecule has 3 heteroatoms. The number of benzene rings is 1. The van der Waals surface area contributed by atoms with Crippen LogP contribution in [-0.2, 0) is 0 Å². The highest BCUT2D eigenvalue weighted by atomic mass is 19.1. The molecule has 0 saturated carbocycles. The van der Waals surface area contributed by atoms with Crippen LogP contribution < -0.4 is 0 Å². The first-order valence-electron chi connectivity index (χ1n) is 5.56. The van der Waals surface area contributed by atoms with Crippen molar-refractivity contribution in [2.45, 2.75) is 19.8 Å². The van der Waals surface area contributed by atoms with Gasteiger partial charge in [-0.1, -0.05) is 26.0 Å². The van der Waals surface area contributed by atoms with E-state index in [4.69, 9.17) is 0 Å². The summed E-state index contributed by atoms with van der Waals surface area (Å²) in [6, 6.07) is 8.16. The molecular formula is C14H14FNO. The lowest BCUT2D eigenvalue weighted by molar-refractivity contribution is 0.112. The molecule has 0 spiro atoms. The van der Waals surface area contributed by atoms with Crippen molar-refractivity contribution in [2.75, 3.05) is 0 Å². The number of aromatic amines is 1. The van der Waals surface area contributed by atoms with Gasteiger partial charge in [-0.25, -0.2) is 4.39 Å². The minimum Gasteiger partial charge on any atom is -0.356 e. The number of rotatable bonds is 3. The van der Waals surface area contributed by atoms with Crippen molar-refractivity contribution < 1.29 is 9.18 Å². The van der Waals surface area contributed by atoms with Crippen LogP contribution in [-0.4, -0.2) is 11.3 Å². The Labute approximate surface area is 99.5 Å². The fraction of sp³-hybridized carbons (Fsp3) is 0.214. The third-order valence-electron chi connectivity index (χ3n) is 2.74. The van der Waals surface area contributed by atoms with Gasteiger partial charge in [-0.05, 0) is 29.7 Å². The Morgan fingerprint density at radius 2 is 2.06 bits per heavy atom. The van der Waals surface area contributed by atoms with E-state index < -0.39 is 0 Å². The molecule has 0 bridgehead atoms. The van der Waals surface area contributed by atoms with Gasteiger partial charge in [-0.2, -0.15) is 0 Å². The molecule has 1 heterocycles. The zero-order valence-electron chi connectivity index (χ0n) is 9.83. The number of carbonyl (C=O) groups is 1. The average molecular weight is 231 g/mol. The molecule has 2 nitrogen and oxygen atoms in total. The smallest absolute Gasteiger partial charge is 0.166 e. The fourth-order valence-corrected chi connectivity index (χ4v) is 1.79. The molecule has 17 heavy (non-hydrogen) atoms. The number of hydrogen-bond acceptors (Lipinski definition) is 1. The SMILES string of the molecule is CC(C)c1cc(-c2cccc(F)c2)c(C=O)[nH]1. The standard InChI is InChI=1S/C14H14FNO/c1-9(2)13-7-12(14(8-17)16-13)10-4-3-5-11(15)6-10/h3-9,16H,1-2H3. The van der Waals surface area contributed by atoms with Crippen LogP contribution in [0.25, 0.3) is 11.1 Å². The second-order valence-corrected chi connectivity index (χ2v) is 4.33. The lowest BCUT2D eigenvalue weighted by atomic mass is 10.0. The number of carbonyl (C=O) groups excluding carboxylic acids is 1. The molecule has 0 saturated heterocycles. The fourth-order valence-electron chi connectivity index (χ4n) is 1.79. The van der Waals surface area contributed by atoms with Gasteiger partial charge < -0.3 is 4.98 Å². The third kappa shape index (κ3) is 2.28. The monoisotopic (exact) mass is 231 g/mol. The van der Waals surface area contributed by atoms with E-state index in [1.165, 1.54) is 12.1 Å². The molecule has 0 aliphatic carbocycles. The Morgan fingerprint density at radius 1 is 1.29 bits per heavy atom. The Balaban J connectivity index is 2.54. The Morgan fingerprint density at radius 3 is 2.65 bits per heavy atom. The van der Waals surface area contributed by atoms with Crippen LogP contribution in [0.15, 0.2) is 30.3 Å². The molecule has 0 fully saturated rings. The molecule has 0 radical (unpaired) electrons. The van der Waals surface area contributed by atoms with Crippen molar-refractivity contribution in [2.24, 2.45) is 0 Å². The van der Waals surface area contributed by atoms with Gasteiger partial charge >= 0.3 is 0 Å². The first-order valence-corrected chi connectivity index (χ1v) is 5.56. The predicted octanol–water partition coefficient (Wildman–Crippen LogP) is 3.76. The topological polar surface area (TPSA) is 32.9 Å². The number of hydrogen-bond donors (Lipinski definition) is 1. The molecule has 0 unspecified atom stereocenters. The lowest BCUT2D eigenvalue weighted by Gasteiger charge is -1.99. The normalized spacial score (nSPS) is 10.8. The molecule has 0 aliphatic heterocycles. The average Bonchev–Trinajstić information content (AvgIpc) is 2.73. The molecule has 0 atom stereocenters. The summed E-state index contributed by atoms with van der Waals surface area (Å²) in [7, 11) is 0. The molecule has 1 N–H and O–H groups in total. The van der Waals surface area contributed by atoms with E-state index in [1.54, 1.807) is 12.1 Å². The second kappa shape index (κ2) is 4.53. The van der Waals surface area contributed by atoms with Crippen LogP contribution in [0.4, 0.5) is 4.39 Å². The zero-order chi connectivity index (χ0) is 12.4. The maximum atomic E-state index is 13.2. The predicted molar refractivity (Wildman–Crippen MR) is 65.7 cm³/mol. The van der Waals surface area contributed by atoms with Gasteiger partial charge in [0.15, 0.2) is 6.29 Å². The Hall–Kier alpha value is -1.90. The van der Waals surface area contributed by atoms with Gasteiger partial charge in [-0.15, -0.1) is 0 Å². The van der Waals surface area contributed by atoms with Crippen molar-refractivity contribution >= 4 is 6.29 Å². The summed E-state index contributed by atoms with van der Waals surface area (Å²) in [5.74, 6) is 0.00246. The molecular weight excluding hydrogens is 217 g/mol. The van der Waals surface area contributed by atoms with Gasteiger partial charge in [0.05, 0.1) is 5.69 Å². The molecule has 2 aromatic rings. The van der Waals surface area contributed by atoms with E-state index in [2.05, 4.69) is 4.98 Å². The van der Waals surface area contributed by atoms with E-state index in [-0.39, 0.29) is 5.82 Å². The second-order valence-electron chi connectivity index (χ2n) is 4.33. The minimum atomic E-state index is -0.299. The minimum absolute atomic E-state index is 0.299. The van der Waals surface area contributed by atoms with Crippen LogP contribution in [0.3, 0.4) is 0 Å². The van der Waals surface area contributed by atoms with Gasteiger partial charge in [0, 0.05) is 11.3 Å². The number of aldehydes is 1. The maximum Gasteiger partial charge on any atom is 0.166 e. The van der Waals surface area contributed by atoms with E-state index in [1.807, 2.05) is 19.9 Å². The number of H-pyrrole nitrogens is 1. The molecule has 2 rings (SSSR count). The van der Waals surface area contributed by atoms with E-state index >= 15 is 0 Å². The largest absolute Gasteiger partial charge is 0.356 e. The quantitative estimate of drug-likeness (QED) is 0.801. The van der Waals surface area contributed by atoms with E-state index in [0.717, 1.165) is 23.1 Å². The Bertz CT molecular complexity index is 543. The lowest BCUT2D eigenvalue weighted by Crippen LogP contribution is -1.88. The maximum absolute atomic E-state index is 13.2.